The van der Waals surface area contributed by atoms with Crippen LogP contribution in [0.4, 0.5) is 5.69 Å². The predicted molar refractivity (Wildman–Crippen MR) is 53.2 cm³/mol. The summed E-state index contributed by atoms with van der Waals surface area (Å²) in [7, 11) is 5.51. The van der Waals surface area contributed by atoms with E-state index in [0.717, 1.165) is 17.0 Å². The summed E-state index contributed by atoms with van der Waals surface area (Å²) in [6.07, 6.45) is 0. The lowest BCUT2D eigenvalue weighted by Gasteiger charge is -2.16. The van der Waals surface area contributed by atoms with Crippen molar-refractivity contribution in [3.63, 3.8) is 0 Å². The van der Waals surface area contributed by atoms with E-state index in [1.54, 1.807) is 7.11 Å². The molecule has 0 spiro atoms. The Morgan fingerprint density at radius 1 is 1.38 bits per heavy atom. The van der Waals surface area contributed by atoms with Gasteiger partial charge in [0.25, 0.3) is 0 Å². The third-order valence-corrected chi connectivity index (χ3v) is 1.94. The van der Waals surface area contributed by atoms with E-state index in [-0.39, 0.29) is 6.61 Å². The molecule has 0 unspecified atom stereocenters. The van der Waals surface area contributed by atoms with E-state index < -0.39 is 0 Å². The zero-order valence-electron chi connectivity index (χ0n) is 8.24. The van der Waals surface area contributed by atoms with Gasteiger partial charge in [0, 0.05) is 25.3 Å². The summed E-state index contributed by atoms with van der Waals surface area (Å²) in [4.78, 5) is 1.96. The normalized spacial score (nSPS) is 9.85. The molecule has 72 valence electrons. The number of hydrogen-bond acceptors (Lipinski definition) is 3. The Morgan fingerprint density at radius 2 is 2.08 bits per heavy atom. The number of benzene rings is 1. The number of ether oxygens (including phenoxy) is 1. The van der Waals surface area contributed by atoms with E-state index in [4.69, 9.17) is 9.84 Å². The molecule has 3 nitrogen and oxygen atoms in total. The molecule has 0 aliphatic carbocycles. The first-order valence-corrected chi connectivity index (χ1v) is 4.14. The minimum Gasteiger partial charge on any atom is -0.497 e. The van der Waals surface area contributed by atoms with Gasteiger partial charge < -0.3 is 14.7 Å². The Morgan fingerprint density at radius 3 is 2.54 bits per heavy atom. The molecule has 0 aliphatic heterocycles. The number of rotatable bonds is 3. The van der Waals surface area contributed by atoms with Crippen molar-refractivity contribution in [2.45, 2.75) is 6.61 Å². The Balaban J connectivity index is 3.08. The maximum absolute atomic E-state index is 9.11. The molecule has 1 N–H and O–H groups in total. The van der Waals surface area contributed by atoms with Crippen molar-refractivity contribution in [3.05, 3.63) is 23.8 Å². The van der Waals surface area contributed by atoms with Gasteiger partial charge in [0.05, 0.1) is 13.7 Å². The van der Waals surface area contributed by atoms with Gasteiger partial charge >= 0.3 is 0 Å². The number of nitrogens with zero attached hydrogens (tertiary/aromatic N) is 1. The molecule has 0 saturated carbocycles. The average Bonchev–Trinajstić information content (AvgIpc) is 2.16. The minimum absolute atomic E-state index is 0.0325. The molecule has 13 heavy (non-hydrogen) atoms. The van der Waals surface area contributed by atoms with Crippen LogP contribution in [0.25, 0.3) is 0 Å². The maximum atomic E-state index is 9.11. The van der Waals surface area contributed by atoms with Gasteiger partial charge in [-0.3, -0.25) is 0 Å². The molecule has 0 amide bonds. The molecular formula is C10H15NO2. The SMILES string of the molecule is COc1ccc(N(C)C)c(CO)c1. The summed E-state index contributed by atoms with van der Waals surface area (Å²) in [6.45, 7) is 0.0325. The maximum Gasteiger partial charge on any atom is 0.119 e. The van der Waals surface area contributed by atoms with E-state index in [2.05, 4.69) is 0 Å². The minimum atomic E-state index is 0.0325. The molecule has 1 aromatic carbocycles. The van der Waals surface area contributed by atoms with Gasteiger partial charge in [-0.1, -0.05) is 0 Å². The topological polar surface area (TPSA) is 32.7 Å². The molecule has 0 bridgehead atoms. The first-order valence-electron chi connectivity index (χ1n) is 4.14. The van der Waals surface area contributed by atoms with E-state index in [9.17, 15) is 0 Å². The molecule has 1 aromatic rings. The van der Waals surface area contributed by atoms with Crippen molar-refractivity contribution in [1.29, 1.82) is 0 Å². The molecular weight excluding hydrogens is 166 g/mol. The third kappa shape index (κ3) is 2.12. The molecule has 0 aliphatic rings. The summed E-state index contributed by atoms with van der Waals surface area (Å²) >= 11 is 0. The van der Waals surface area contributed by atoms with Crippen molar-refractivity contribution < 1.29 is 9.84 Å². The van der Waals surface area contributed by atoms with Crippen molar-refractivity contribution >= 4 is 5.69 Å². The lowest BCUT2D eigenvalue weighted by molar-refractivity contribution is 0.281. The van der Waals surface area contributed by atoms with Crippen LogP contribution in [0.15, 0.2) is 18.2 Å². The second-order valence-corrected chi connectivity index (χ2v) is 3.05. The zero-order chi connectivity index (χ0) is 9.84. The summed E-state index contributed by atoms with van der Waals surface area (Å²) < 4.78 is 5.06. The largest absolute Gasteiger partial charge is 0.497 e. The van der Waals surface area contributed by atoms with Crippen LogP contribution in [-0.4, -0.2) is 26.3 Å². The highest BCUT2D eigenvalue weighted by Gasteiger charge is 2.04. The molecule has 0 heterocycles. The van der Waals surface area contributed by atoms with Crippen LogP contribution < -0.4 is 9.64 Å². The van der Waals surface area contributed by atoms with Crippen LogP contribution in [0.3, 0.4) is 0 Å². The van der Waals surface area contributed by atoms with Crippen LogP contribution in [-0.2, 0) is 6.61 Å². The van der Waals surface area contributed by atoms with Gasteiger partial charge in [-0.15, -0.1) is 0 Å². The number of anilines is 1. The van der Waals surface area contributed by atoms with Gasteiger partial charge in [-0.25, -0.2) is 0 Å². The monoisotopic (exact) mass is 181 g/mol. The van der Waals surface area contributed by atoms with Crippen LogP contribution in [0.1, 0.15) is 5.56 Å². The van der Waals surface area contributed by atoms with Crippen LogP contribution >= 0.6 is 0 Å². The number of methoxy groups -OCH3 is 1. The summed E-state index contributed by atoms with van der Waals surface area (Å²) in [5, 5.41) is 9.11. The predicted octanol–water partition coefficient (Wildman–Crippen LogP) is 1.25. The highest BCUT2D eigenvalue weighted by molar-refractivity contribution is 5.55. The van der Waals surface area contributed by atoms with Gasteiger partial charge in [-0.05, 0) is 18.2 Å². The first kappa shape index (κ1) is 9.86. The Bertz CT molecular complexity index is 284. The molecule has 3 heteroatoms. The van der Waals surface area contributed by atoms with Crippen LogP contribution in [0.5, 0.6) is 5.75 Å². The second kappa shape index (κ2) is 4.14. The lowest BCUT2D eigenvalue weighted by Crippen LogP contribution is -2.11. The van der Waals surface area contributed by atoms with Crippen LogP contribution in [0.2, 0.25) is 0 Å². The van der Waals surface area contributed by atoms with Gasteiger partial charge in [0.15, 0.2) is 0 Å². The molecule has 0 aromatic heterocycles. The average molecular weight is 181 g/mol. The fourth-order valence-electron chi connectivity index (χ4n) is 1.25. The number of aliphatic hydroxyl groups is 1. The smallest absolute Gasteiger partial charge is 0.119 e. The van der Waals surface area contributed by atoms with Crippen LogP contribution in [0, 0.1) is 0 Å². The van der Waals surface area contributed by atoms with Gasteiger partial charge in [0.1, 0.15) is 5.75 Å². The summed E-state index contributed by atoms with van der Waals surface area (Å²) in [6, 6.07) is 5.66. The van der Waals surface area contributed by atoms with E-state index >= 15 is 0 Å². The van der Waals surface area contributed by atoms with E-state index in [0.29, 0.717) is 0 Å². The highest BCUT2D eigenvalue weighted by Crippen LogP contribution is 2.23. The molecule has 0 atom stereocenters. The van der Waals surface area contributed by atoms with E-state index in [1.807, 2.05) is 37.2 Å². The molecule has 0 fully saturated rings. The quantitative estimate of drug-likeness (QED) is 0.761. The Kier molecular flexibility index (Phi) is 3.14. The van der Waals surface area contributed by atoms with Gasteiger partial charge in [-0.2, -0.15) is 0 Å². The van der Waals surface area contributed by atoms with E-state index in [1.165, 1.54) is 0 Å². The summed E-state index contributed by atoms with van der Waals surface area (Å²) in [5.74, 6) is 0.773. The molecule has 0 radical (unpaired) electrons. The number of hydrogen-bond donors (Lipinski definition) is 1. The Labute approximate surface area is 78.6 Å². The number of aliphatic hydroxyl groups excluding tert-OH is 1. The molecule has 1 rings (SSSR count). The van der Waals surface area contributed by atoms with Crippen molar-refractivity contribution in [2.75, 3.05) is 26.1 Å². The highest BCUT2D eigenvalue weighted by atomic mass is 16.5. The summed E-state index contributed by atoms with van der Waals surface area (Å²) in [5.41, 5.74) is 1.90. The van der Waals surface area contributed by atoms with Gasteiger partial charge in [0.2, 0.25) is 0 Å². The lowest BCUT2D eigenvalue weighted by atomic mass is 10.1. The van der Waals surface area contributed by atoms with Crippen molar-refractivity contribution in [3.8, 4) is 5.75 Å². The first-order chi connectivity index (χ1) is 6.19. The second-order valence-electron chi connectivity index (χ2n) is 3.05. The fourth-order valence-corrected chi connectivity index (χ4v) is 1.25. The van der Waals surface area contributed by atoms with Crippen molar-refractivity contribution in [2.24, 2.45) is 0 Å². The molecule has 0 saturated heterocycles. The fraction of sp³-hybridized carbons (Fsp3) is 0.400. The van der Waals surface area contributed by atoms with Crippen molar-refractivity contribution in [1.82, 2.24) is 0 Å². The zero-order valence-corrected chi connectivity index (χ0v) is 8.24. The Hall–Kier alpha value is -1.22. The standard InChI is InChI=1S/C10H15NO2/c1-11(2)10-5-4-9(13-3)6-8(10)7-12/h4-6,12H,7H2,1-3H3. The third-order valence-electron chi connectivity index (χ3n) is 1.94.